The standard InChI is InChI=1S/C22H27N3O2/c1-3-5-14-24(4-2)21(26)17-10-12-20(13-11-17)23-22(27)25-15-18-8-6-7-9-19(18)16-25/h6-13H,3-5,14-16H2,1-2H3,(H,23,27). The third kappa shape index (κ3) is 4.48. The minimum Gasteiger partial charge on any atom is -0.339 e. The Kier molecular flexibility index (Phi) is 6.12. The first-order valence-electron chi connectivity index (χ1n) is 9.64. The van der Waals surface area contributed by atoms with Crippen molar-refractivity contribution in [3.8, 4) is 0 Å². The molecule has 27 heavy (non-hydrogen) atoms. The fourth-order valence-corrected chi connectivity index (χ4v) is 3.31. The van der Waals surface area contributed by atoms with E-state index in [1.165, 1.54) is 11.1 Å². The number of nitrogens with zero attached hydrogens (tertiary/aromatic N) is 2. The van der Waals surface area contributed by atoms with Gasteiger partial charge in [0.1, 0.15) is 0 Å². The van der Waals surface area contributed by atoms with Gasteiger partial charge < -0.3 is 15.1 Å². The molecule has 142 valence electrons. The Labute approximate surface area is 161 Å². The first kappa shape index (κ1) is 19.0. The van der Waals surface area contributed by atoms with Crippen LogP contribution in [0.2, 0.25) is 0 Å². The maximum Gasteiger partial charge on any atom is 0.322 e. The zero-order valence-corrected chi connectivity index (χ0v) is 16.1. The van der Waals surface area contributed by atoms with Crippen LogP contribution in [0.4, 0.5) is 10.5 Å². The number of hydrogen-bond acceptors (Lipinski definition) is 2. The van der Waals surface area contributed by atoms with Gasteiger partial charge in [-0.25, -0.2) is 4.79 Å². The highest BCUT2D eigenvalue weighted by Gasteiger charge is 2.23. The van der Waals surface area contributed by atoms with E-state index in [-0.39, 0.29) is 11.9 Å². The van der Waals surface area contributed by atoms with Gasteiger partial charge in [-0.3, -0.25) is 4.79 Å². The molecule has 1 aliphatic heterocycles. The number of hydrogen-bond donors (Lipinski definition) is 1. The number of urea groups is 1. The Bertz CT molecular complexity index is 776. The van der Waals surface area contributed by atoms with Crippen LogP contribution in [0.25, 0.3) is 0 Å². The monoisotopic (exact) mass is 365 g/mol. The normalized spacial score (nSPS) is 12.6. The fraction of sp³-hybridized carbons (Fsp3) is 0.364. The number of rotatable bonds is 6. The Morgan fingerprint density at radius 3 is 2.19 bits per heavy atom. The molecule has 0 fully saturated rings. The molecule has 3 rings (SSSR count). The van der Waals surface area contributed by atoms with Crippen molar-refractivity contribution in [3.63, 3.8) is 0 Å². The number of benzene rings is 2. The van der Waals surface area contributed by atoms with E-state index >= 15 is 0 Å². The van der Waals surface area contributed by atoms with Gasteiger partial charge in [0.05, 0.1) is 0 Å². The Balaban J connectivity index is 1.59. The number of nitrogens with one attached hydrogen (secondary N) is 1. The largest absolute Gasteiger partial charge is 0.339 e. The summed E-state index contributed by atoms with van der Waals surface area (Å²) >= 11 is 0. The molecule has 1 heterocycles. The Morgan fingerprint density at radius 2 is 1.63 bits per heavy atom. The van der Waals surface area contributed by atoms with Crippen LogP contribution in [0.3, 0.4) is 0 Å². The molecule has 0 saturated heterocycles. The summed E-state index contributed by atoms with van der Waals surface area (Å²) in [4.78, 5) is 28.7. The van der Waals surface area contributed by atoms with Gasteiger partial charge in [0, 0.05) is 37.4 Å². The van der Waals surface area contributed by atoms with Crippen molar-refractivity contribution in [1.82, 2.24) is 9.80 Å². The molecule has 0 aliphatic carbocycles. The molecule has 3 amide bonds. The molecule has 0 bridgehead atoms. The zero-order chi connectivity index (χ0) is 19.2. The summed E-state index contributed by atoms with van der Waals surface area (Å²) in [5.41, 5.74) is 3.74. The second-order valence-electron chi connectivity index (χ2n) is 6.87. The minimum absolute atomic E-state index is 0.0406. The van der Waals surface area contributed by atoms with Crippen LogP contribution in [-0.2, 0) is 13.1 Å². The summed E-state index contributed by atoms with van der Waals surface area (Å²) in [6.45, 7) is 6.85. The molecule has 5 heteroatoms. The van der Waals surface area contributed by atoms with E-state index in [9.17, 15) is 9.59 Å². The van der Waals surface area contributed by atoms with Gasteiger partial charge in [-0.1, -0.05) is 37.6 Å². The van der Waals surface area contributed by atoms with E-state index < -0.39 is 0 Å². The third-order valence-electron chi connectivity index (χ3n) is 4.96. The second kappa shape index (κ2) is 8.71. The van der Waals surface area contributed by atoms with Crippen LogP contribution in [0.5, 0.6) is 0 Å². The molecular formula is C22H27N3O2. The van der Waals surface area contributed by atoms with Crippen LogP contribution in [0.1, 0.15) is 48.2 Å². The lowest BCUT2D eigenvalue weighted by Gasteiger charge is -2.21. The van der Waals surface area contributed by atoms with Gasteiger partial charge in [-0.2, -0.15) is 0 Å². The highest BCUT2D eigenvalue weighted by molar-refractivity contribution is 5.95. The molecule has 0 saturated carbocycles. The molecular weight excluding hydrogens is 338 g/mol. The molecule has 2 aromatic carbocycles. The molecule has 0 radical (unpaired) electrons. The summed E-state index contributed by atoms with van der Waals surface area (Å²) in [6.07, 6.45) is 2.07. The van der Waals surface area contributed by atoms with Gasteiger partial charge in [-0.05, 0) is 48.7 Å². The highest BCUT2D eigenvalue weighted by Crippen LogP contribution is 2.23. The van der Waals surface area contributed by atoms with E-state index in [0.717, 1.165) is 19.4 Å². The first-order valence-corrected chi connectivity index (χ1v) is 9.64. The fourth-order valence-electron chi connectivity index (χ4n) is 3.31. The van der Waals surface area contributed by atoms with Gasteiger partial charge in [0.2, 0.25) is 0 Å². The molecule has 0 unspecified atom stereocenters. The van der Waals surface area contributed by atoms with Crippen molar-refractivity contribution in [2.75, 3.05) is 18.4 Å². The summed E-state index contributed by atoms with van der Waals surface area (Å²) in [5.74, 6) is 0.0406. The van der Waals surface area contributed by atoms with E-state index in [1.807, 2.05) is 24.0 Å². The van der Waals surface area contributed by atoms with Gasteiger partial charge in [0.25, 0.3) is 5.91 Å². The van der Waals surface area contributed by atoms with Crippen LogP contribution in [0, 0.1) is 0 Å². The minimum atomic E-state index is -0.122. The highest BCUT2D eigenvalue weighted by atomic mass is 16.2. The number of anilines is 1. The number of carbonyl (C=O) groups excluding carboxylic acids is 2. The Hall–Kier alpha value is -2.82. The number of carbonyl (C=O) groups is 2. The van der Waals surface area contributed by atoms with Crippen molar-refractivity contribution < 1.29 is 9.59 Å². The maximum absolute atomic E-state index is 12.6. The summed E-state index contributed by atoms with van der Waals surface area (Å²) in [7, 11) is 0. The maximum atomic E-state index is 12.6. The predicted octanol–water partition coefficient (Wildman–Crippen LogP) is 4.50. The first-order chi connectivity index (χ1) is 13.1. The number of unbranched alkanes of at least 4 members (excludes halogenated alkanes) is 1. The summed E-state index contributed by atoms with van der Waals surface area (Å²) in [5, 5.41) is 2.92. The van der Waals surface area contributed by atoms with Crippen molar-refractivity contribution in [2.45, 2.75) is 39.8 Å². The molecule has 0 aromatic heterocycles. The second-order valence-corrected chi connectivity index (χ2v) is 6.87. The van der Waals surface area contributed by atoms with Gasteiger partial charge in [-0.15, -0.1) is 0 Å². The molecule has 2 aromatic rings. The predicted molar refractivity (Wildman–Crippen MR) is 108 cm³/mol. The molecule has 0 spiro atoms. The quantitative estimate of drug-likeness (QED) is 0.820. The Morgan fingerprint density at radius 1 is 1.00 bits per heavy atom. The SMILES string of the molecule is CCCCN(CC)C(=O)c1ccc(NC(=O)N2Cc3ccccc3C2)cc1. The third-order valence-corrected chi connectivity index (χ3v) is 4.96. The van der Waals surface area contributed by atoms with E-state index in [2.05, 4.69) is 24.4 Å². The van der Waals surface area contributed by atoms with E-state index in [0.29, 0.717) is 30.9 Å². The molecule has 1 N–H and O–H groups in total. The van der Waals surface area contributed by atoms with Crippen LogP contribution >= 0.6 is 0 Å². The lowest BCUT2D eigenvalue weighted by atomic mass is 10.1. The molecule has 5 nitrogen and oxygen atoms in total. The smallest absolute Gasteiger partial charge is 0.322 e. The van der Waals surface area contributed by atoms with Crippen LogP contribution in [-0.4, -0.2) is 34.8 Å². The topological polar surface area (TPSA) is 52.7 Å². The average Bonchev–Trinajstić information content (AvgIpc) is 3.13. The summed E-state index contributed by atoms with van der Waals surface area (Å²) in [6, 6.07) is 15.1. The van der Waals surface area contributed by atoms with Gasteiger partial charge >= 0.3 is 6.03 Å². The van der Waals surface area contributed by atoms with Crippen molar-refractivity contribution in [3.05, 3.63) is 65.2 Å². The van der Waals surface area contributed by atoms with Crippen molar-refractivity contribution >= 4 is 17.6 Å². The average molecular weight is 365 g/mol. The zero-order valence-electron chi connectivity index (χ0n) is 16.1. The van der Waals surface area contributed by atoms with Crippen LogP contribution in [0.15, 0.2) is 48.5 Å². The van der Waals surface area contributed by atoms with Gasteiger partial charge in [0.15, 0.2) is 0 Å². The number of amides is 3. The lowest BCUT2D eigenvalue weighted by molar-refractivity contribution is 0.0762. The van der Waals surface area contributed by atoms with E-state index in [4.69, 9.17) is 0 Å². The molecule has 1 aliphatic rings. The number of fused-ring (bicyclic) bond motifs is 1. The van der Waals surface area contributed by atoms with Crippen LogP contribution < -0.4 is 5.32 Å². The molecule has 0 atom stereocenters. The van der Waals surface area contributed by atoms with Crippen molar-refractivity contribution in [2.24, 2.45) is 0 Å². The van der Waals surface area contributed by atoms with Crippen molar-refractivity contribution in [1.29, 1.82) is 0 Å². The summed E-state index contributed by atoms with van der Waals surface area (Å²) < 4.78 is 0. The van der Waals surface area contributed by atoms with E-state index in [1.54, 1.807) is 29.2 Å². The lowest BCUT2D eigenvalue weighted by Crippen LogP contribution is -2.32.